The number of hydrogen-bond acceptors (Lipinski definition) is 2. The first kappa shape index (κ1) is 15.3. The first-order chi connectivity index (χ1) is 9.60. The van der Waals surface area contributed by atoms with E-state index in [0.717, 1.165) is 5.69 Å². The lowest BCUT2D eigenvalue weighted by molar-refractivity contribution is 0.539. The minimum absolute atomic E-state index is 0.110. The molecule has 0 fully saturated rings. The van der Waals surface area contributed by atoms with Gasteiger partial charge in [-0.1, -0.05) is 42.3 Å². The van der Waals surface area contributed by atoms with Crippen LogP contribution in [0.25, 0.3) is 0 Å². The molecule has 2 aromatic rings. The molecule has 1 aromatic heterocycles. The van der Waals surface area contributed by atoms with E-state index in [1.54, 1.807) is 23.0 Å². The van der Waals surface area contributed by atoms with E-state index < -0.39 is 5.82 Å². The summed E-state index contributed by atoms with van der Waals surface area (Å²) in [6.07, 6.45) is 1.60. The molecule has 108 valence electrons. The molecule has 20 heavy (non-hydrogen) atoms. The lowest BCUT2D eigenvalue weighted by Gasteiger charge is -2.21. The number of rotatable bonds is 5. The zero-order valence-electron chi connectivity index (χ0n) is 11.3. The van der Waals surface area contributed by atoms with Crippen LogP contribution in [0.1, 0.15) is 31.1 Å². The van der Waals surface area contributed by atoms with Gasteiger partial charge in [-0.05, 0) is 25.1 Å². The molecule has 1 aromatic carbocycles. The second kappa shape index (κ2) is 6.57. The van der Waals surface area contributed by atoms with Crippen LogP contribution in [0, 0.1) is 5.82 Å². The average molecular weight is 316 g/mol. The molecular weight excluding hydrogens is 300 g/mol. The number of nitrogens with one attached hydrogen (secondary N) is 1. The van der Waals surface area contributed by atoms with E-state index >= 15 is 0 Å². The standard InChI is InChI=1S/C14H16Cl2FN3/c1-3-18-13(9-6-5-7-11(17)12(9)16)14-10(15)8-19-20(14)4-2/h5-8,13,18H,3-4H2,1-2H3. The van der Waals surface area contributed by atoms with Gasteiger partial charge >= 0.3 is 0 Å². The average Bonchev–Trinajstić information content (AvgIpc) is 2.81. The maximum Gasteiger partial charge on any atom is 0.142 e. The Labute approximate surface area is 127 Å². The van der Waals surface area contributed by atoms with Gasteiger partial charge in [-0.25, -0.2) is 4.39 Å². The van der Waals surface area contributed by atoms with Crippen molar-refractivity contribution in [3.63, 3.8) is 0 Å². The van der Waals surface area contributed by atoms with Crippen LogP contribution in [0.3, 0.4) is 0 Å². The summed E-state index contributed by atoms with van der Waals surface area (Å²) in [6, 6.07) is 4.48. The largest absolute Gasteiger partial charge is 0.305 e. The first-order valence-corrected chi connectivity index (χ1v) is 7.24. The van der Waals surface area contributed by atoms with Gasteiger partial charge in [-0.15, -0.1) is 0 Å². The minimum Gasteiger partial charge on any atom is -0.305 e. The summed E-state index contributed by atoms with van der Waals surface area (Å²) in [5.74, 6) is -0.439. The van der Waals surface area contributed by atoms with Gasteiger partial charge in [0.15, 0.2) is 0 Å². The summed E-state index contributed by atoms with van der Waals surface area (Å²) in [4.78, 5) is 0. The maximum absolute atomic E-state index is 13.7. The molecule has 2 rings (SSSR count). The van der Waals surface area contributed by atoms with E-state index in [1.807, 2.05) is 13.8 Å². The van der Waals surface area contributed by atoms with Gasteiger partial charge in [0.2, 0.25) is 0 Å². The molecule has 1 atom stereocenters. The van der Waals surface area contributed by atoms with E-state index in [0.29, 0.717) is 23.7 Å². The van der Waals surface area contributed by atoms with Gasteiger partial charge in [-0.3, -0.25) is 4.68 Å². The minimum atomic E-state index is -0.439. The fourth-order valence-electron chi connectivity index (χ4n) is 2.21. The van der Waals surface area contributed by atoms with Crippen molar-refractivity contribution in [3.8, 4) is 0 Å². The zero-order chi connectivity index (χ0) is 14.7. The summed E-state index contributed by atoms with van der Waals surface area (Å²) in [5.41, 5.74) is 1.45. The van der Waals surface area contributed by atoms with Crippen LogP contribution in [0.4, 0.5) is 4.39 Å². The van der Waals surface area contributed by atoms with Gasteiger partial charge in [-0.2, -0.15) is 5.10 Å². The van der Waals surface area contributed by atoms with Crippen molar-refractivity contribution in [2.24, 2.45) is 0 Å². The summed E-state index contributed by atoms with van der Waals surface area (Å²) in [7, 11) is 0. The highest BCUT2D eigenvalue weighted by molar-refractivity contribution is 6.32. The van der Waals surface area contributed by atoms with Gasteiger partial charge in [0.1, 0.15) is 5.82 Å². The van der Waals surface area contributed by atoms with Crippen molar-refractivity contribution in [2.45, 2.75) is 26.4 Å². The Hall–Kier alpha value is -1.10. The number of aromatic nitrogens is 2. The Morgan fingerprint density at radius 2 is 2.10 bits per heavy atom. The molecule has 0 aliphatic heterocycles. The molecule has 0 saturated carbocycles. The molecule has 0 spiro atoms. The van der Waals surface area contributed by atoms with E-state index in [2.05, 4.69) is 10.4 Å². The summed E-state index contributed by atoms with van der Waals surface area (Å²) in [5, 5.41) is 8.16. The fraction of sp³-hybridized carbons (Fsp3) is 0.357. The SMILES string of the molecule is CCNC(c1cccc(F)c1Cl)c1c(Cl)cnn1CC. The molecular formula is C14H16Cl2FN3. The van der Waals surface area contributed by atoms with Crippen LogP contribution in [0.15, 0.2) is 24.4 Å². The highest BCUT2D eigenvalue weighted by Crippen LogP contribution is 2.33. The van der Waals surface area contributed by atoms with Crippen molar-refractivity contribution in [1.29, 1.82) is 0 Å². The lowest BCUT2D eigenvalue weighted by atomic mass is 10.0. The van der Waals surface area contributed by atoms with Gasteiger partial charge in [0.25, 0.3) is 0 Å². The van der Waals surface area contributed by atoms with Crippen molar-refractivity contribution >= 4 is 23.2 Å². The molecule has 1 unspecified atom stereocenters. The second-order valence-electron chi connectivity index (χ2n) is 4.33. The highest BCUT2D eigenvalue weighted by Gasteiger charge is 2.24. The van der Waals surface area contributed by atoms with Crippen molar-refractivity contribution in [3.05, 3.63) is 51.5 Å². The number of benzene rings is 1. The fourth-order valence-corrected chi connectivity index (χ4v) is 2.70. The predicted molar refractivity (Wildman–Crippen MR) is 79.8 cm³/mol. The molecule has 3 nitrogen and oxygen atoms in total. The molecule has 0 amide bonds. The van der Waals surface area contributed by atoms with Crippen LogP contribution >= 0.6 is 23.2 Å². The summed E-state index contributed by atoms with van der Waals surface area (Å²) >= 11 is 12.3. The van der Waals surface area contributed by atoms with E-state index in [1.165, 1.54) is 6.07 Å². The molecule has 0 aliphatic rings. The lowest BCUT2D eigenvalue weighted by Crippen LogP contribution is -2.25. The molecule has 0 bridgehead atoms. The molecule has 0 radical (unpaired) electrons. The van der Waals surface area contributed by atoms with Crippen LogP contribution in [0.2, 0.25) is 10.0 Å². The summed E-state index contributed by atoms with van der Waals surface area (Å²) < 4.78 is 15.5. The summed E-state index contributed by atoms with van der Waals surface area (Å²) in [6.45, 7) is 5.32. The Bertz CT molecular complexity index is 598. The van der Waals surface area contributed by atoms with Crippen LogP contribution in [-0.4, -0.2) is 16.3 Å². The number of hydrogen-bond donors (Lipinski definition) is 1. The van der Waals surface area contributed by atoms with Crippen molar-refractivity contribution < 1.29 is 4.39 Å². The van der Waals surface area contributed by atoms with Crippen LogP contribution < -0.4 is 5.32 Å². The molecule has 1 heterocycles. The quantitative estimate of drug-likeness (QED) is 0.902. The van der Waals surface area contributed by atoms with Gasteiger partial charge < -0.3 is 5.32 Å². The van der Waals surface area contributed by atoms with Crippen molar-refractivity contribution in [2.75, 3.05) is 6.54 Å². The molecule has 0 aliphatic carbocycles. The van der Waals surface area contributed by atoms with E-state index in [4.69, 9.17) is 23.2 Å². The third kappa shape index (κ3) is 2.82. The molecule has 6 heteroatoms. The monoisotopic (exact) mass is 315 g/mol. The zero-order valence-corrected chi connectivity index (χ0v) is 12.8. The topological polar surface area (TPSA) is 29.9 Å². The van der Waals surface area contributed by atoms with Crippen LogP contribution in [-0.2, 0) is 6.54 Å². The second-order valence-corrected chi connectivity index (χ2v) is 5.11. The van der Waals surface area contributed by atoms with E-state index in [9.17, 15) is 4.39 Å². The van der Waals surface area contributed by atoms with Crippen molar-refractivity contribution in [1.82, 2.24) is 15.1 Å². The normalized spacial score (nSPS) is 12.7. The predicted octanol–water partition coefficient (Wildman–Crippen LogP) is 4.05. The number of nitrogens with zero attached hydrogens (tertiary/aromatic N) is 2. The highest BCUT2D eigenvalue weighted by atomic mass is 35.5. The Balaban J connectivity index is 2.56. The number of halogens is 3. The Morgan fingerprint density at radius 3 is 2.75 bits per heavy atom. The third-order valence-corrected chi connectivity index (χ3v) is 3.80. The van der Waals surface area contributed by atoms with Gasteiger partial charge in [0.05, 0.1) is 28.0 Å². The maximum atomic E-state index is 13.7. The molecule has 1 N–H and O–H groups in total. The Morgan fingerprint density at radius 1 is 1.35 bits per heavy atom. The third-order valence-electron chi connectivity index (χ3n) is 3.11. The van der Waals surface area contributed by atoms with E-state index in [-0.39, 0.29) is 11.1 Å². The van der Waals surface area contributed by atoms with Gasteiger partial charge in [0, 0.05) is 6.54 Å². The smallest absolute Gasteiger partial charge is 0.142 e. The first-order valence-electron chi connectivity index (χ1n) is 6.48. The van der Waals surface area contributed by atoms with Crippen LogP contribution in [0.5, 0.6) is 0 Å². The number of aryl methyl sites for hydroxylation is 1. The Kier molecular flexibility index (Phi) is 5.02. The molecule has 0 saturated heterocycles.